The maximum atomic E-state index is 11.7. The largest absolute Gasteiger partial charge is 0.358 e. The Balaban J connectivity index is 2.55. The van der Waals surface area contributed by atoms with E-state index in [2.05, 4.69) is 5.32 Å². The third-order valence-corrected chi connectivity index (χ3v) is 2.99. The molecule has 1 aliphatic carbocycles. The summed E-state index contributed by atoms with van der Waals surface area (Å²) in [5.41, 5.74) is 0. The summed E-state index contributed by atoms with van der Waals surface area (Å²) >= 11 is 0. The zero-order valence-corrected chi connectivity index (χ0v) is 9.58. The van der Waals surface area contributed by atoms with Gasteiger partial charge in [0.15, 0.2) is 0 Å². The van der Waals surface area contributed by atoms with Gasteiger partial charge in [-0.15, -0.1) is 0 Å². The fraction of sp³-hybridized carbons (Fsp3) is 0.818. The lowest BCUT2D eigenvalue weighted by molar-refractivity contribution is -0.128. The number of hydrogen-bond donors (Lipinski definition) is 1. The van der Waals surface area contributed by atoms with E-state index in [-0.39, 0.29) is 11.9 Å². The molecule has 1 saturated carbocycles. The molecule has 1 atom stereocenters. The van der Waals surface area contributed by atoms with Crippen LogP contribution in [0.4, 0.5) is 0 Å². The highest BCUT2D eigenvalue weighted by molar-refractivity contribution is 5.85. The third kappa shape index (κ3) is 3.30. The van der Waals surface area contributed by atoms with Crippen LogP contribution >= 0.6 is 0 Å². The van der Waals surface area contributed by atoms with Crippen LogP contribution in [-0.4, -0.2) is 42.8 Å². The van der Waals surface area contributed by atoms with Gasteiger partial charge in [0.25, 0.3) is 0 Å². The van der Waals surface area contributed by atoms with Crippen molar-refractivity contribution in [2.24, 2.45) is 0 Å². The number of Topliss-reactive ketones (excluding diaryl/α,β-unsaturated/α-hetero) is 1. The van der Waals surface area contributed by atoms with Crippen molar-refractivity contribution in [3.63, 3.8) is 0 Å². The predicted molar refractivity (Wildman–Crippen MR) is 58.6 cm³/mol. The Morgan fingerprint density at radius 1 is 1.53 bits per heavy atom. The molecule has 4 nitrogen and oxygen atoms in total. The SMILES string of the molecule is CCN(CC(=O)NC)C1CCCCC1=O. The number of hydrogen-bond acceptors (Lipinski definition) is 3. The second-order valence-electron chi connectivity index (χ2n) is 3.96. The lowest BCUT2D eigenvalue weighted by Gasteiger charge is -2.31. The van der Waals surface area contributed by atoms with Gasteiger partial charge in [0.05, 0.1) is 12.6 Å². The van der Waals surface area contributed by atoms with Crippen LogP contribution in [0.15, 0.2) is 0 Å². The Labute approximate surface area is 91.0 Å². The van der Waals surface area contributed by atoms with Gasteiger partial charge in [0.2, 0.25) is 5.91 Å². The minimum Gasteiger partial charge on any atom is -0.358 e. The summed E-state index contributed by atoms with van der Waals surface area (Å²) in [6, 6.07) is -0.0268. The maximum absolute atomic E-state index is 11.7. The van der Waals surface area contributed by atoms with Gasteiger partial charge in [-0.3, -0.25) is 14.5 Å². The van der Waals surface area contributed by atoms with E-state index in [4.69, 9.17) is 0 Å². The highest BCUT2D eigenvalue weighted by atomic mass is 16.2. The molecule has 0 saturated heterocycles. The summed E-state index contributed by atoms with van der Waals surface area (Å²) in [5, 5.41) is 2.59. The van der Waals surface area contributed by atoms with Crippen LogP contribution in [0.3, 0.4) is 0 Å². The highest BCUT2D eigenvalue weighted by Crippen LogP contribution is 2.19. The molecule has 1 unspecified atom stereocenters. The van der Waals surface area contributed by atoms with Crippen LogP contribution in [0.25, 0.3) is 0 Å². The van der Waals surface area contributed by atoms with Crippen LogP contribution in [0.5, 0.6) is 0 Å². The fourth-order valence-corrected chi connectivity index (χ4v) is 2.06. The van der Waals surface area contributed by atoms with Gasteiger partial charge in [0.1, 0.15) is 5.78 Å². The Kier molecular flexibility index (Phi) is 4.75. The molecule has 0 aliphatic heterocycles. The van der Waals surface area contributed by atoms with Gasteiger partial charge in [-0.2, -0.15) is 0 Å². The highest BCUT2D eigenvalue weighted by Gasteiger charge is 2.28. The number of carbonyl (C=O) groups is 2. The predicted octanol–water partition coefficient (Wildman–Crippen LogP) is 0.566. The number of ketones is 1. The first-order valence-corrected chi connectivity index (χ1v) is 5.66. The van der Waals surface area contributed by atoms with Crippen LogP contribution in [0.1, 0.15) is 32.6 Å². The summed E-state index contributed by atoms with van der Waals surface area (Å²) in [4.78, 5) is 24.9. The second kappa shape index (κ2) is 5.85. The minimum absolute atomic E-state index is 0.0183. The lowest BCUT2D eigenvalue weighted by Crippen LogP contribution is -2.47. The first-order valence-electron chi connectivity index (χ1n) is 5.66. The summed E-state index contributed by atoms with van der Waals surface area (Å²) in [6.45, 7) is 3.08. The van der Waals surface area contributed by atoms with E-state index < -0.39 is 0 Å². The molecule has 15 heavy (non-hydrogen) atoms. The quantitative estimate of drug-likeness (QED) is 0.741. The summed E-state index contributed by atoms with van der Waals surface area (Å²) in [5.74, 6) is 0.280. The fourth-order valence-electron chi connectivity index (χ4n) is 2.06. The van der Waals surface area contributed by atoms with Crippen LogP contribution < -0.4 is 5.32 Å². The Morgan fingerprint density at radius 2 is 2.27 bits per heavy atom. The molecular weight excluding hydrogens is 192 g/mol. The maximum Gasteiger partial charge on any atom is 0.233 e. The van der Waals surface area contributed by atoms with E-state index in [9.17, 15) is 9.59 Å². The van der Waals surface area contributed by atoms with Gasteiger partial charge in [-0.25, -0.2) is 0 Å². The van der Waals surface area contributed by atoms with Crippen molar-refractivity contribution in [3.8, 4) is 0 Å². The second-order valence-corrected chi connectivity index (χ2v) is 3.96. The zero-order valence-electron chi connectivity index (χ0n) is 9.58. The van der Waals surface area contributed by atoms with Crippen molar-refractivity contribution in [1.82, 2.24) is 10.2 Å². The van der Waals surface area contributed by atoms with Gasteiger partial charge in [-0.05, 0) is 19.4 Å². The molecule has 0 aromatic rings. The van der Waals surface area contributed by atoms with Gasteiger partial charge in [-0.1, -0.05) is 13.3 Å². The smallest absolute Gasteiger partial charge is 0.233 e. The molecule has 0 bridgehead atoms. The average Bonchev–Trinajstić information content (AvgIpc) is 2.26. The molecule has 1 fully saturated rings. The Bertz CT molecular complexity index is 241. The lowest BCUT2D eigenvalue weighted by atomic mass is 9.93. The minimum atomic E-state index is -0.0268. The topological polar surface area (TPSA) is 49.4 Å². The Morgan fingerprint density at radius 3 is 2.80 bits per heavy atom. The number of nitrogens with one attached hydrogen (secondary N) is 1. The number of amides is 1. The molecule has 0 aromatic heterocycles. The standard InChI is InChI=1S/C11H20N2O2/c1-3-13(8-11(15)12-2)9-6-4-5-7-10(9)14/h9H,3-8H2,1-2H3,(H,12,15). The number of rotatable bonds is 4. The first kappa shape index (κ1) is 12.2. The van der Waals surface area contributed by atoms with E-state index >= 15 is 0 Å². The molecule has 4 heteroatoms. The molecule has 0 radical (unpaired) electrons. The van der Waals surface area contributed by atoms with Crippen molar-refractivity contribution in [2.75, 3.05) is 20.1 Å². The third-order valence-electron chi connectivity index (χ3n) is 2.99. The Hall–Kier alpha value is -0.900. The van der Waals surface area contributed by atoms with Crippen LogP contribution in [-0.2, 0) is 9.59 Å². The average molecular weight is 212 g/mol. The summed E-state index contributed by atoms with van der Waals surface area (Å²) in [7, 11) is 1.62. The molecule has 1 amide bonds. The molecule has 0 aromatic carbocycles. The van der Waals surface area contributed by atoms with E-state index in [1.165, 1.54) is 0 Å². The summed E-state index contributed by atoms with van der Waals surface area (Å²) < 4.78 is 0. The van der Waals surface area contributed by atoms with E-state index in [0.29, 0.717) is 18.7 Å². The van der Waals surface area contributed by atoms with Crippen molar-refractivity contribution in [3.05, 3.63) is 0 Å². The molecular formula is C11H20N2O2. The normalized spacial score (nSPS) is 21.8. The first-order chi connectivity index (χ1) is 7.19. The van der Waals surface area contributed by atoms with E-state index in [1.54, 1.807) is 7.05 Å². The van der Waals surface area contributed by atoms with E-state index in [0.717, 1.165) is 25.8 Å². The van der Waals surface area contributed by atoms with Crippen LogP contribution in [0.2, 0.25) is 0 Å². The van der Waals surface area contributed by atoms with Crippen molar-refractivity contribution >= 4 is 11.7 Å². The monoisotopic (exact) mass is 212 g/mol. The number of nitrogens with zero attached hydrogens (tertiary/aromatic N) is 1. The molecule has 1 aliphatic rings. The molecule has 0 spiro atoms. The molecule has 1 N–H and O–H groups in total. The number of likely N-dealkylation sites (N-methyl/N-ethyl adjacent to an activating group) is 2. The van der Waals surface area contributed by atoms with Crippen molar-refractivity contribution in [2.45, 2.75) is 38.6 Å². The van der Waals surface area contributed by atoms with E-state index in [1.807, 2.05) is 11.8 Å². The van der Waals surface area contributed by atoms with Gasteiger partial charge >= 0.3 is 0 Å². The van der Waals surface area contributed by atoms with Crippen molar-refractivity contribution < 1.29 is 9.59 Å². The van der Waals surface area contributed by atoms with Gasteiger partial charge < -0.3 is 5.32 Å². The molecule has 0 heterocycles. The summed E-state index contributed by atoms with van der Waals surface area (Å²) in [6.07, 6.45) is 3.69. The zero-order chi connectivity index (χ0) is 11.3. The van der Waals surface area contributed by atoms with Gasteiger partial charge in [0, 0.05) is 13.5 Å². The molecule has 86 valence electrons. The van der Waals surface area contributed by atoms with Crippen LogP contribution in [0, 0.1) is 0 Å². The number of carbonyl (C=O) groups excluding carboxylic acids is 2. The molecule has 1 rings (SSSR count). The van der Waals surface area contributed by atoms with Crippen molar-refractivity contribution in [1.29, 1.82) is 0 Å².